The second-order valence-electron chi connectivity index (χ2n) is 7.89. The molecule has 0 bridgehead atoms. The molecule has 3 heterocycles. The number of nitrogens with zero attached hydrogens (tertiary/aromatic N) is 2. The topological polar surface area (TPSA) is 63.7 Å². The molecule has 2 aliphatic rings. The van der Waals surface area contributed by atoms with Crippen LogP contribution in [0.1, 0.15) is 29.9 Å². The van der Waals surface area contributed by atoms with Crippen molar-refractivity contribution in [3.63, 3.8) is 0 Å². The Bertz CT molecular complexity index is 791. The maximum atomic E-state index is 12.8. The van der Waals surface area contributed by atoms with Crippen molar-refractivity contribution in [2.75, 3.05) is 33.4 Å². The van der Waals surface area contributed by atoms with Gasteiger partial charge in [0.2, 0.25) is 5.91 Å². The van der Waals surface area contributed by atoms with Crippen LogP contribution in [0, 0.1) is 0 Å². The summed E-state index contributed by atoms with van der Waals surface area (Å²) in [5.74, 6) is 1.11. The van der Waals surface area contributed by atoms with E-state index in [0.717, 1.165) is 50.5 Å². The highest BCUT2D eigenvalue weighted by atomic mass is 16.5. The Morgan fingerprint density at radius 1 is 1.21 bits per heavy atom. The summed E-state index contributed by atoms with van der Waals surface area (Å²) in [4.78, 5) is 19.6. The Labute approximate surface area is 172 Å². The van der Waals surface area contributed by atoms with Gasteiger partial charge in [-0.3, -0.25) is 14.7 Å². The van der Waals surface area contributed by atoms with Crippen molar-refractivity contribution in [2.24, 2.45) is 0 Å². The van der Waals surface area contributed by atoms with Crippen LogP contribution in [-0.4, -0.2) is 61.3 Å². The maximum Gasteiger partial charge on any atom is 0.224 e. The Kier molecular flexibility index (Phi) is 6.42. The van der Waals surface area contributed by atoms with Crippen LogP contribution in [0.15, 0.2) is 48.8 Å². The van der Waals surface area contributed by atoms with Crippen LogP contribution in [0.3, 0.4) is 0 Å². The van der Waals surface area contributed by atoms with E-state index < -0.39 is 0 Å². The van der Waals surface area contributed by atoms with E-state index in [1.54, 1.807) is 13.3 Å². The number of benzene rings is 1. The Hall–Kier alpha value is -2.44. The number of carbonyl (C=O) groups is 1. The minimum Gasteiger partial charge on any atom is -0.497 e. The minimum atomic E-state index is 0.0582. The molecular formula is C23H29N3O3. The summed E-state index contributed by atoms with van der Waals surface area (Å²) in [5.41, 5.74) is 2.18. The number of methoxy groups -OCH3 is 1. The van der Waals surface area contributed by atoms with E-state index >= 15 is 0 Å². The molecule has 29 heavy (non-hydrogen) atoms. The number of rotatable bonds is 6. The summed E-state index contributed by atoms with van der Waals surface area (Å²) in [5, 5.41) is 3.30. The Balaban J connectivity index is 1.44. The van der Waals surface area contributed by atoms with Crippen molar-refractivity contribution in [3.05, 3.63) is 59.9 Å². The molecule has 1 aromatic heterocycles. The lowest BCUT2D eigenvalue weighted by Crippen LogP contribution is -2.42. The van der Waals surface area contributed by atoms with Gasteiger partial charge in [-0.1, -0.05) is 18.2 Å². The lowest BCUT2D eigenvalue weighted by molar-refractivity contribution is -0.121. The van der Waals surface area contributed by atoms with E-state index in [-0.39, 0.29) is 17.9 Å². The van der Waals surface area contributed by atoms with Crippen LogP contribution >= 0.6 is 0 Å². The van der Waals surface area contributed by atoms with Crippen molar-refractivity contribution in [3.8, 4) is 5.75 Å². The summed E-state index contributed by atoms with van der Waals surface area (Å²) in [6.45, 7) is 3.48. The normalized spacial score (nSPS) is 23.1. The van der Waals surface area contributed by atoms with Gasteiger partial charge in [0.25, 0.3) is 0 Å². The zero-order chi connectivity index (χ0) is 20.1. The highest BCUT2D eigenvalue weighted by Crippen LogP contribution is 2.31. The number of hydrogen-bond donors (Lipinski definition) is 1. The first kappa shape index (κ1) is 19.9. The molecule has 4 rings (SSSR count). The number of ether oxygens (including phenoxy) is 2. The lowest BCUT2D eigenvalue weighted by atomic mass is 9.95. The molecule has 0 radical (unpaired) electrons. The predicted molar refractivity (Wildman–Crippen MR) is 111 cm³/mol. The zero-order valence-electron chi connectivity index (χ0n) is 16.9. The van der Waals surface area contributed by atoms with Crippen molar-refractivity contribution < 1.29 is 14.3 Å². The van der Waals surface area contributed by atoms with Gasteiger partial charge in [-0.25, -0.2) is 0 Å². The average molecular weight is 396 g/mol. The second-order valence-corrected chi connectivity index (χ2v) is 7.89. The number of pyridine rings is 1. The number of likely N-dealkylation sites (tertiary alicyclic amines) is 1. The molecule has 2 saturated heterocycles. The number of nitrogens with one attached hydrogen (secondary N) is 1. The van der Waals surface area contributed by atoms with Crippen molar-refractivity contribution in [2.45, 2.75) is 37.3 Å². The highest BCUT2D eigenvalue weighted by molar-refractivity contribution is 5.79. The highest BCUT2D eigenvalue weighted by Gasteiger charge is 2.38. The number of amides is 1. The summed E-state index contributed by atoms with van der Waals surface area (Å²) < 4.78 is 10.7. The molecule has 1 aromatic carbocycles. The summed E-state index contributed by atoms with van der Waals surface area (Å²) in [6, 6.07) is 12.4. The third-order valence-electron chi connectivity index (χ3n) is 6.04. The van der Waals surface area contributed by atoms with Crippen LogP contribution in [0.4, 0.5) is 0 Å². The van der Waals surface area contributed by atoms with Gasteiger partial charge in [0.1, 0.15) is 5.75 Å². The molecule has 1 N–H and O–H groups in total. The molecular weight excluding hydrogens is 366 g/mol. The van der Waals surface area contributed by atoms with Crippen LogP contribution in [0.2, 0.25) is 0 Å². The Morgan fingerprint density at radius 3 is 2.69 bits per heavy atom. The average Bonchev–Trinajstić information content (AvgIpc) is 3.19. The van der Waals surface area contributed by atoms with Gasteiger partial charge in [-0.05, 0) is 42.2 Å². The van der Waals surface area contributed by atoms with Crippen LogP contribution < -0.4 is 10.1 Å². The molecule has 0 aliphatic carbocycles. The van der Waals surface area contributed by atoms with E-state index in [1.807, 2.05) is 36.5 Å². The molecule has 0 unspecified atom stereocenters. The SMILES string of the molecule is COc1ccc(CC(=O)N[C@H]2CN(C3CCOCC3)C[C@@H]2c2cccnc2)cc1. The first-order chi connectivity index (χ1) is 14.2. The van der Waals surface area contributed by atoms with Crippen molar-refractivity contribution in [1.82, 2.24) is 15.2 Å². The number of hydrogen-bond acceptors (Lipinski definition) is 5. The van der Waals surface area contributed by atoms with Gasteiger partial charge in [0.05, 0.1) is 13.5 Å². The number of aromatic nitrogens is 1. The van der Waals surface area contributed by atoms with Crippen LogP contribution in [-0.2, 0) is 16.0 Å². The molecule has 154 valence electrons. The number of carbonyl (C=O) groups excluding carboxylic acids is 1. The van der Waals surface area contributed by atoms with E-state index in [4.69, 9.17) is 9.47 Å². The van der Waals surface area contributed by atoms with Gasteiger partial charge in [-0.2, -0.15) is 0 Å². The molecule has 6 heteroatoms. The second kappa shape index (κ2) is 9.37. The van der Waals surface area contributed by atoms with E-state index in [2.05, 4.69) is 21.3 Å². The summed E-state index contributed by atoms with van der Waals surface area (Å²) >= 11 is 0. The lowest BCUT2D eigenvalue weighted by Gasteiger charge is -2.31. The fraction of sp³-hybridized carbons (Fsp3) is 0.478. The third-order valence-corrected chi connectivity index (χ3v) is 6.04. The molecule has 2 fully saturated rings. The summed E-state index contributed by atoms with van der Waals surface area (Å²) in [6.07, 6.45) is 6.23. The zero-order valence-corrected chi connectivity index (χ0v) is 16.9. The third kappa shape index (κ3) is 4.95. The van der Waals surface area contributed by atoms with E-state index in [9.17, 15) is 4.79 Å². The molecule has 1 amide bonds. The van der Waals surface area contributed by atoms with Crippen LogP contribution in [0.25, 0.3) is 0 Å². The van der Waals surface area contributed by atoms with Crippen LogP contribution in [0.5, 0.6) is 5.75 Å². The van der Waals surface area contributed by atoms with E-state index in [1.165, 1.54) is 5.56 Å². The van der Waals surface area contributed by atoms with Crippen molar-refractivity contribution in [1.29, 1.82) is 0 Å². The van der Waals surface area contributed by atoms with Gasteiger partial charge in [0.15, 0.2) is 0 Å². The molecule has 2 atom stereocenters. The largest absolute Gasteiger partial charge is 0.497 e. The molecule has 0 spiro atoms. The maximum absolute atomic E-state index is 12.8. The van der Waals surface area contributed by atoms with E-state index in [0.29, 0.717) is 12.5 Å². The monoisotopic (exact) mass is 395 g/mol. The summed E-state index contributed by atoms with van der Waals surface area (Å²) in [7, 11) is 1.64. The quantitative estimate of drug-likeness (QED) is 0.814. The van der Waals surface area contributed by atoms with Gasteiger partial charge in [-0.15, -0.1) is 0 Å². The smallest absolute Gasteiger partial charge is 0.224 e. The minimum absolute atomic E-state index is 0.0582. The van der Waals surface area contributed by atoms with Crippen molar-refractivity contribution >= 4 is 5.91 Å². The predicted octanol–water partition coefficient (Wildman–Crippen LogP) is 2.40. The Morgan fingerprint density at radius 2 is 2.00 bits per heavy atom. The van der Waals surface area contributed by atoms with Gasteiger partial charge < -0.3 is 14.8 Å². The standard InChI is InChI=1S/C23H29N3O3/c1-28-20-6-4-17(5-7-20)13-23(27)25-22-16-26(19-8-11-29-12-9-19)15-21(22)18-3-2-10-24-14-18/h2-7,10,14,19,21-22H,8-9,11-13,15-16H2,1H3,(H,25,27)/t21-,22+/m1/s1. The van der Waals surface area contributed by atoms with Gasteiger partial charge >= 0.3 is 0 Å². The fourth-order valence-corrected chi connectivity index (χ4v) is 4.45. The molecule has 0 saturated carbocycles. The van der Waals surface area contributed by atoms with Gasteiger partial charge in [0, 0.05) is 56.7 Å². The molecule has 2 aliphatic heterocycles. The molecule has 2 aromatic rings. The first-order valence-corrected chi connectivity index (χ1v) is 10.4. The first-order valence-electron chi connectivity index (χ1n) is 10.4. The molecule has 6 nitrogen and oxygen atoms in total. The fourth-order valence-electron chi connectivity index (χ4n) is 4.45.